The molecule has 0 radical (unpaired) electrons. The maximum Gasteiger partial charge on any atom is 0.0826 e. The Morgan fingerprint density at radius 2 is 2.00 bits per heavy atom. The van der Waals surface area contributed by atoms with E-state index in [1.54, 1.807) is 0 Å². The zero-order chi connectivity index (χ0) is 15.5. The fourth-order valence-corrected chi connectivity index (χ4v) is 3.90. The minimum absolute atomic E-state index is 0.243. The van der Waals surface area contributed by atoms with Crippen LogP contribution in [0, 0.1) is 0 Å². The molecule has 4 rings (SSSR count). The minimum Gasteiger partial charge on any atom is -0.376 e. The number of aromatic nitrogens is 1. The molecule has 0 spiro atoms. The van der Waals surface area contributed by atoms with Crippen LogP contribution in [0.3, 0.4) is 0 Å². The zero-order valence-corrected chi connectivity index (χ0v) is 13.7. The predicted octanol–water partition coefficient (Wildman–Crippen LogP) is 2.91. The van der Waals surface area contributed by atoms with E-state index in [1.165, 1.54) is 29.3 Å². The lowest BCUT2D eigenvalue weighted by atomic mass is 9.90. The number of nitrogens with one attached hydrogen (secondary N) is 1. The molecule has 0 bridgehead atoms. The van der Waals surface area contributed by atoms with Gasteiger partial charge in [-0.3, -0.25) is 0 Å². The summed E-state index contributed by atoms with van der Waals surface area (Å²) >= 11 is 0. The minimum atomic E-state index is 0.243. The normalized spacial score (nSPS) is 23.4. The first-order valence-corrected chi connectivity index (χ1v) is 8.89. The highest BCUT2D eigenvalue weighted by molar-refractivity contribution is 5.84. The van der Waals surface area contributed by atoms with Crippen molar-refractivity contribution in [3.05, 3.63) is 36.0 Å². The van der Waals surface area contributed by atoms with Crippen LogP contribution in [0.2, 0.25) is 0 Å². The summed E-state index contributed by atoms with van der Waals surface area (Å²) in [5.41, 5.74) is 2.89. The number of nitrogens with zero attached hydrogens (tertiary/aromatic N) is 1. The van der Waals surface area contributed by atoms with Gasteiger partial charge < -0.3 is 19.4 Å². The van der Waals surface area contributed by atoms with Crippen LogP contribution in [-0.2, 0) is 16.0 Å². The largest absolute Gasteiger partial charge is 0.376 e. The van der Waals surface area contributed by atoms with Crippen molar-refractivity contribution in [1.29, 1.82) is 0 Å². The molecule has 1 aromatic heterocycles. The second-order valence-electron chi connectivity index (χ2n) is 6.68. The SMILES string of the molecule is c1ccc2c(c1)c(C1CCNCC1)cn2CCC1COCCO1. The van der Waals surface area contributed by atoms with Crippen LogP contribution in [-0.4, -0.2) is 43.6 Å². The number of benzene rings is 1. The van der Waals surface area contributed by atoms with Crippen LogP contribution in [0.1, 0.15) is 30.7 Å². The lowest BCUT2D eigenvalue weighted by Gasteiger charge is -2.23. The van der Waals surface area contributed by atoms with Crippen molar-refractivity contribution in [1.82, 2.24) is 9.88 Å². The van der Waals surface area contributed by atoms with Gasteiger partial charge in [0.25, 0.3) is 0 Å². The Bertz CT molecular complexity index is 640. The molecule has 23 heavy (non-hydrogen) atoms. The van der Waals surface area contributed by atoms with Gasteiger partial charge in [0.05, 0.1) is 25.9 Å². The van der Waals surface area contributed by atoms with Crippen molar-refractivity contribution in [2.45, 2.75) is 37.8 Å². The second-order valence-corrected chi connectivity index (χ2v) is 6.68. The Morgan fingerprint density at radius 1 is 1.13 bits per heavy atom. The molecular formula is C19H26N2O2. The van der Waals surface area contributed by atoms with E-state index in [2.05, 4.69) is 40.3 Å². The first-order chi connectivity index (χ1) is 11.4. The lowest BCUT2D eigenvalue weighted by molar-refractivity contribution is -0.0916. The average Bonchev–Trinajstić information content (AvgIpc) is 3.01. The molecule has 0 amide bonds. The molecule has 4 heteroatoms. The monoisotopic (exact) mass is 314 g/mol. The number of piperidine rings is 1. The Hall–Kier alpha value is -1.36. The summed E-state index contributed by atoms with van der Waals surface area (Å²) in [5.74, 6) is 0.691. The smallest absolute Gasteiger partial charge is 0.0826 e. The molecule has 0 aliphatic carbocycles. The second kappa shape index (κ2) is 7.04. The van der Waals surface area contributed by atoms with Gasteiger partial charge in [0.1, 0.15) is 0 Å². The standard InChI is InChI=1S/C19H26N2O2/c1-2-4-19-17(3-1)18(15-5-8-20-9-6-15)13-21(19)10-7-16-14-22-11-12-23-16/h1-4,13,15-16,20H,5-12,14H2. The number of ether oxygens (including phenoxy) is 2. The van der Waals surface area contributed by atoms with E-state index in [9.17, 15) is 0 Å². The van der Waals surface area contributed by atoms with E-state index in [-0.39, 0.29) is 6.10 Å². The predicted molar refractivity (Wildman–Crippen MR) is 92.0 cm³/mol. The van der Waals surface area contributed by atoms with Gasteiger partial charge in [-0.15, -0.1) is 0 Å². The fraction of sp³-hybridized carbons (Fsp3) is 0.579. The highest BCUT2D eigenvalue weighted by Gasteiger charge is 2.21. The van der Waals surface area contributed by atoms with E-state index < -0.39 is 0 Å². The number of para-hydroxylation sites is 1. The summed E-state index contributed by atoms with van der Waals surface area (Å²) in [6.07, 6.45) is 6.14. The van der Waals surface area contributed by atoms with Crippen LogP contribution in [0.4, 0.5) is 0 Å². The molecule has 2 fully saturated rings. The zero-order valence-electron chi connectivity index (χ0n) is 13.7. The lowest BCUT2D eigenvalue weighted by Crippen LogP contribution is -2.29. The summed E-state index contributed by atoms with van der Waals surface area (Å²) < 4.78 is 13.7. The Balaban J connectivity index is 1.56. The maximum atomic E-state index is 5.79. The molecule has 3 heterocycles. The van der Waals surface area contributed by atoms with Gasteiger partial charge >= 0.3 is 0 Å². The van der Waals surface area contributed by atoms with Gasteiger partial charge in [0.2, 0.25) is 0 Å². The van der Waals surface area contributed by atoms with Crippen LogP contribution in [0.5, 0.6) is 0 Å². The Labute approximate surface area is 137 Å². The molecule has 0 saturated carbocycles. The number of rotatable bonds is 4. The molecule has 1 N–H and O–H groups in total. The van der Waals surface area contributed by atoms with Crippen LogP contribution < -0.4 is 5.32 Å². The Kier molecular flexibility index (Phi) is 4.64. The van der Waals surface area contributed by atoms with Gasteiger partial charge in [-0.1, -0.05) is 18.2 Å². The fourth-order valence-electron chi connectivity index (χ4n) is 3.90. The molecule has 2 aromatic rings. The third kappa shape index (κ3) is 3.30. The highest BCUT2D eigenvalue weighted by atomic mass is 16.6. The molecule has 2 saturated heterocycles. The summed E-state index contributed by atoms with van der Waals surface area (Å²) in [4.78, 5) is 0. The van der Waals surface area contributed by atoms with Crippen molar-refractivity contribution in [2.24, 2.45) is 0 Å². The van der Waals surface area contributed by atoms with E-state index in [4.69, 9.17) is 9.47 Å². The first-order valence-electron chi connectivity index (χ1n) is 8.89. The molecule has 1 atom stereocenters. The number of aryl methyl sites for hydroxylation is 1. The summed E-state index contributed by atoms with van der Waals surface area (Å²) in [6, 6.07) is 8.84. The number of hydrogen-bond donors (Lipinski definition) is 1. The molecule has 2 aliphatic heterocycles. The van der Waals surface area contributed by atoms with Crippen molar-refractivity contribution in [3.63, 3.8) is 0 Å². The van der Waals surface area contributed by atoms with Gasteiger partial charge in [0, 0.05) is 23.6 Å². The molecule has 1 aromatic carbocycles. The summed E-state index contributed by atoms with van der Waals surface area (Å²) in [5, 5.41) is 4.90. The molecule has 124 valence electrons. The van der Waals surface area contributed by atoms with Crippen LogP contribution in [0.15, 0.2) is 30.5 Å². The third-order valence-electron chi connectivity index (χ3n) is 5.18. The highest BCUT2D eigenvalue weighted by Crippen LogP contribution is 2.33. The molecular weight excluding hydrogens is 288 g/mol. The van der Waals surface area contributed by atoms with Gasteiger partial charge in [-0.05, 0) is 49.9 Å². The molecule has 1 unspecified atom stereocenters. The number of fused-ring (bicyclic) bond motifs is 1. The van der Waals surface area contributed by atoms with Gasteiger partial charge in [-0.25, -0.2) is 0 Å². The van der Waals surface area contributed by atoms with Crippen LogP contribution >= 0.6 is 0 Å². The quantitative estimate of drug-likeness (QED) is 0.942. The van der Waals surface area contributed by atoms with Crippen LogP contribution in [0.25, 0.3) is 10.9 Å². The third-order valence-corrected chi connectivity index (χ3v) is 5.18. The van der Waals surface area contributed by atoms with E-state index in [0.29, 0.717) is 5.92 Å². The van der Waals surface area contributed by atoms with Crippen molar-refractivity contribution in [2.75, 3.05) is 32.9 Å². The topological polar surface area (TPSA) is 35.4 Å². The summed E-state index contributed by atoms with van der Waals surface area (Å²) in [7, 11) is 0. The average molecular weight is 314 g/mol. The van der Waals surface area contributed by atoms with Crippen molar-refractivity contribution >= 4 is 10.9 Å². The van der Waals surface area contributed by atoms with Gasteiger partial charge in [-0.2, -0.15) is 0 Å². The van der Waals surface area contributed by atoms with Crippen molar-refractivity contribution < 1.29 is 9.47 Å². The maximum absolute atomic E-state index is 5.79. The Morgan fingerprint density at radius 3 is 2.83 bits per heavy atom. The molecule has 2 aliphatic rings. The first kappa shape index (κ1) is 15.2. The molecule has 4 nitrogen and oxygen atoms in total. The van der Waals surface area contributed by atoms with E-state index >= 15 is 0 Å². The van der Waals surface area contributed by atoms with E-state index in [1.807, 2.05) is 0 Å². The van der Waals surface area contributed by atoms with E-state index in [0.717, 1.165) is 45.9 Å². The van der Waals surface area contributed by atoms with Crippen molar-refractivity contribution in [3.8, 4) is 0 Å². The summed E-state index contributed by atoms with van der Waals surface area (Å²) in [6.45, 7) is 5.48. The number of hydrogen-bond acceptors (Lipinski definition) is 3. The van der Waals surface area contributed by atoms with Gasteiger partial charge in [0.15, 0.2) is 0 Å².